The third kappa shape index (κ3) is 4.57. The highest BCUT2D eigenvalue weighted by Crippen LogP contribution is 2.32. The maximum absolute atomic E-state index is 13.4. The molecular formula is C21H17F4N3O3. The van der Waals surface area contributed by atoms with Gasteiger partial charge in [-0.3, -0.25) is 14.4 Å². The third-order valence-electron chi connectivity index (χ3n) is 4.78. The van der Waals surface area contributed by atoms with Crippen LogP contribution in [-0.4, -0.2) is 16.4 Å². The van der Waals surface area contributed by atoms with Crippen molar-refractivity contribution in [3.8, 4) is 0 Å². The Bertz CT molecular complexity index is 1230. The van der Waals surface area contributed by atoms with Crippen molar-refractivity contribution in [2.75, 3.05) is 5.32 Å². The molecule has 3 rings (SSSR count). The molecule has 10 heteroatoms. The summed E-state index contributed by atoms with van der Waals surface area (Å²) in [4.78, 5) is 36.5. The second kappa shape index (κ2) is 8.21. The van der Waals surface area contributed by atoms with E-state index in [4.69, 9.17) is 5.73 Å². The molecule has 0 saturated heterocycles. The Balaban J connectivity index is 1.89. The van der Waals surface area contributed by atoms with Gasteiger partial charge >= 0.3 is 6.18 Å². The van der Waals surface area contributed by atoms with E-state index in [0.29, 0.717) is 17.5 Å². The smallest absolute Gasteiger partial charge is 0.368 e. The van der Waals surface area contributed by atoms with Gasteiger partial charge in [0.25, 0.3) is 5.56 Å². The maximum atomic E-state index is 13.4. The molecule has 1 heterocycles. The number of amides is 2. The van der Waals surface area contributed by atoms with E-state index in [-0.39, 0.29) is 16.6 Å². The Hall–Kier alpha value is -3.69. The van der Waals surface area contributed by atoms with Gasteiger partial charge in [0.2, 0.25) is 11.8 Å². The summed E-state index contributed by atoms with van der Waals surface area (Å²) in [7, 11) is 0. The van der Waals surface area contributed by atoms with Crippen LogP contribution in [0.2, 0.25) is 0 Å². The van der Waals surface area contributed by atoms with E-state index in [2.05, 4.69) is 5.32 Å². The summed E-state index contributed by atoms with van der Waals surface area (Å²) in [6.45, 7) is 1.47. The number of nitrogens with one attached hydrogen (secondary N) is 1. The van der Waals surface area contributed by atoms with E-state index in [9.17, 15) is 31.9 Å². The fourth-order valence-corrected chi connectivity index (χ4v) is 3.12. The summed E-state index contributed by atoms with van der Waals surface area (Å²) in [5, 5.41) is 3.15. The average molecular weight is 435 g/mol. The largest absolute Gasteiger partial charge is 0.419 e. The maximum Gasteiger partial charge on any atom is 0.419 e. The zero-order valence-electron chi connectivity index (χ0n) is 16.2. The molecule has 2 amide bonds. The molecule has 0 saturated carbocycles. The van der Waals surface area contributed by atoms with Gasteiger partial charge < -0.3 is 15.6 Å². The minimum atomic E-state index is -4.88. The van der Waals surface area contributed by atoms with Crippen LogP contribution >= 0.6 is 0 Å². The number of alkyl halides is 3. The molecule has 3 N–H and O–H groups in total. The number of pyridine rings is 1. The predicted molar refractivity (Wildman–Crippen MR) is 106 cm³/mol. The molecule has 0 fully saturated rings. The summed E-state index contributed by atoms with van der Waals surface area (Å²) in [5.74, 6) is -2.77. The van der Waals surface area contributed by atoms with E-state index in [1.807, 2.05) is 0 Å². The first-order valence-corrected chi connectivity index (χ1v) is 9.07. The first kappa shape index (κ1) is 22.0. The Morgan fingerprint density at radius 1 is 1.13 bits per heavy atom. The standard InChI is InChI=1S/C21H17F4N3O3/c1-11(19(26)30)28-8-7-13-14(20(28)31)3-2-4-17(13)27-18(29)10-12-5-6-16(22)15(9-12)21(23,24)25/h2-9,11H,10H2,1H3,(H2,26,30)(H,27,29)/t11-/m1/s1. The number of halogens is 4. The Morgan fingerprint density at radius 2 is 1.84 bits per heavy atom. The molecule has 3 aromatic rings. The number of rotatable bonds is 5. The van der Waals surface area contributed by atoms with Crippen LogP contribution in [-0.2, 0) is 22.2 Å². The van der Waals surface area contributed by atoms with Crippen molar-refractivity contribution in [3.63, 3.8) is 0 Å². The topological polar surface area (TPSA) is 94.2 Å². The quantitative estimate of drug-likeness (QED) is 0.602. The van der Waals surface area contributed by atoms with E-state index >= 15 is 0 Å². The molecule has 0 aliphatic heterocycles. The van der Waals surface area contributed by atoms with Gasteiger partial charge in [-0.2, -0.15) is 13.2 Å². The summed E-state index contributed by atoms with van der Waals surface area (Å²) in [5.41, 5.74) is 3.54. The van der Waals surface area contributed by atoms with Crippen molar-refractivity contribution in [1.82, 2.24) is 4.57 Å². The number of aromatic nitrogens is 1. The number of carbonyl (C=O) groups is 2. The average Bonchev–Trinajstić information content (AvgIpc) is 2.69. The number of fused-ring (bicyclic) bond motifs is 1. The van der Waals surface area contributed by atoms with Crippen molar-refractivity contribution in [2.24, 2.45) is 5.73 Å². The molecule has 2 aromatic carbocycles. The second-order valence-electron chi connectivity index (χ2n) is 6.91. The SMILES string of the molecule is C[C@H](C(N)=O)n1ccc2c(NC(=O)Cc3ccc(F)c(C(F)(F)F)c3)cccc2c1=O. The molecule has 0 unspecified atom stereocenters. The molecule has 0 bridgehead atoms. The number of nitrogens with zero attached hydrogens (tertiary/aromatic N) is 1. The summed E-state index contributed by atoms with van der Waals surface area (Å²) < 4.78 is 53.2. The molecule has 6 nitrogen and oxygen atoms in total. The van der Waals surface area contributed by atoms with Gasteiger partial charge in [-0.15, -0.1) is 0 Å². The molecule has 162 valence electrons. The first-order valence-electron chi connectivity index (χ1n) is 9.07. The van der Waals surface area contributed by atoms with Crippen LogP contribution in [0.4, 0.5) is 23.2 Å². The second-order valence-corrected chi connectivity index (χ2v) is 6.91. The fraction of sp³-hybridized carbons (Fsp3) is 0.190. The van der Waals surface area contributed by atoms with Gasteiger partial charge in [-0.05, 0) is 42.8 Å². The van der Waals surface area contributed by atoms with Crippen LogP contribution in [0.15, 0.2) is 53.5 Å². The van der Waals surface area contributed by atoms with Crippen molar-refractivity contribution in [1.29, 1.82) is 0 Å². The first-order chi connectivity index (χ1) is 14.5. The highest BCUT2D eigenvalue weighted by Gasteiger charge is 2.34. The van der Waals surface area contributed by atoms with Crippen molar-refractivity contribution >= 4 is 28.3 Å². The van der Waals surface area contributed by atoms with Crippen molar-refractivity contribution in [2.45, 2.75) is 25.6 Å². The Kier molecular flexibility index (Phi) is 5.83. The number of primary amides is 1. The van der Waals surface area contributed by atoms with Crippen LogP contribution in [0.25, 0.3) is 10.8 Å². The lowest BCUT2D eigenvalue weighted by molar-refractivity contribution is -0.140. The minimum absolute atomic E-state index is 0.0240. The van der Waals surface area contributed by atoms with E-state index in [1.54, 1.807) is 0 Å². The van der Waals surface area contributed by atoms with Crippen LogP contribution < -0.4 is 16.6 Å². The summed E-state index contributed by atoms with van der Waals surface area (Å²) >= 11 is 0. The predicted octanol–water partition coefficient (Wildman–Crippen LogP) is 3.39. The lowest BCUT2D eigenvalue weighted by Crippen LogP contribution is -2.31. The minimum Gasteiger partial charge on any atom is -0.368 e. The molecular weight excluding hydrogens is 418 g/mol. The number of nitrogens with two attached hydrogens (primary N) is 1. The van der Waals surface area contributed by atoms with Gasteiger partial charge in [0.1, 0.15) is 11.9 Å². The number of hydrogen-bond donors (Lipinski definition) is 2. The summed E-state index contributed by atoms with van der Waals surface area (Å²) in [6, 6.07) is 7.52. The number of anilines is 1. The summed E-state index contributed by atoms with van der Waals surface area (Å²) in [6.07, 6.45) is -3.95. The Labute approximate surface area is 173 Å². The van der Waals surface area contributed by atoms with Gasteiger partial charge in [-0.25, -0.2) is 4.39 Å². The molecule has 0 spiro atoms. The number of hydrogen-bond acceptors (Lipinski definition) is 3. The highest BCUT2D eigenvalue weighted by molar-refractivity contribution is 6.02. The van der Waals surface area contributed by atoms with E-state index < -0.39 is 47.4 Å². The van der Waals surface area contributed by atoms with E-state index in [1.165, 1.54) is 37.4 Å². The molecule has 0 aliphatic carbocycles. The highest BCUT2D eigenvalue weighted by atomic mass is 19.4. The lowest BCUT2D eigenvalue weighted by Gasteiger charge is -2.14. The fourth-order valence-electron chi connectivity index (χ4n) is 3.12. The number of benzene rings is 2. The van der Waals surface area contributed by atoms with Gasteiger partial charge in [-0.1, -0.05) is 12.1 Å². The van der Waals surface area contributed by atoms with Crippen LogP contribution in [0, 0.1) is 5.82 Å². The molecule has 0 aliphatic rings. The molecule has 1 atom stereocenters. The van der Waals surface area contributed by atoms with Gasteiger partial charge in [0.05, 0.1) is 12.0 Å². The Morgan fingerprint density at radius 3 is 2.48 bits per heavy atom. The van der Waals surface area contributed by atoms with Crippen LogP contribution in [0.3, 0.4) is 0 Å². The normalized spacial score (nSPS) is 12.5. The lowest BCUT2D eigenvalue weighted by atomic mass is 10.1. The molecule has 0 radical (unpaired) electrons. The molecule has 1 aromatic heterocycles. The van der Waals surface area contributed by atoms with Crippen molar-refractivity contribution < 1.29 is 27.2 Å². The van der Waals surface area contributed by atoms with Crippen LogP contribution in [0.1, 0.15) is 24.1 Å². The zero-order chi connectivity index (χ0) is 22.9. The zero-order valence-corrected chi connectivity index (χ0v) is 16.2. The van der Waals surface area contributed by atoms with Crippen LogP contribution in [0.5, 0.6) is 0 Å². The monoisotopic (exact) mass is 435 g/mol. The van der Waals surface area contributed by atoms with E-state index in [0.717, 1.165) is 10.6 Å². The van der Waals surface area contributed by atoms with Gasteiger partial charge in [0, 0.05) is 22.7 Å². The van der Waals surface area contributed by atoms with Crippen molar-refractivity contribution in [3.05, 3.63) is 76.0 Å². The molecule has 31 heavy (non-hydrogen) atoms. The van der Waals surface area contributed by atoms with Gasteiger partial charge in [0.15, 0.2) is 0 Å². The number of carbonyl (C=O) groups excluding carboxylic acids is 2. The third-order valence-corrected chi connectivity index (χ3v) is 4.78.